The highest BCUT2D eigenvalue weighted by molar-refractivity contribution is 6.44. The van der Waals surface area contributed by atoms with Crippen molar-refractivity contribution in [1.82, 2.24) is 10.7 Å². The number of anilines is 1. The Kier molecular flexibility index (Phi) is 9.23. The Bertz CT molecular complexity index is 1250. The Labute approximate surface area is 212 Å². The van der Waals surface area contributed by atoms with Crippen LogP contribution < -0.4 is 20.8 Å². The fourth-order valence-electron chi connectivity index (χ4n) is 2.80. The molecular weight excluding hydrogens is 491 g/mol. The molecule has 180 valence electrons. The molecule has 0 radical (unpaired) electrons. The molecule has 0 aliphatic carbocycles. The maximum Gasteiger partial charge on any atom is 0.329 e. The van der Waals surface area contributed by atoms with Crippen LogP contribution in [0.4, 0.5) is 5.69 Å². The Balaban J connectivity index is 1.45. The Morgan fingerprint density at radius 2 is 1.71 bits per heavy atom. The van der Waals surface area contributed by atoms with Crippen LogP contribution in [0.3, 0.4) is 0 Å². The van der Waals surface area contributed by atoms with Crippen LogP contribution in [-0.2, 0) is 20.9 Å². The summed E-state index contributed by atoms with van der Waals surface area (Å²) in [6.07, 6.45) is 1.35. The molecule has 0 fully saturated rings. The van der Waals surface area contributed by atoms with Gasteiger partial charge in [0.2, 0.25) is 0 Å². The second-order valence-electron chi connectivity index (χ2n) is 7.38. The summed E-state index contributed by atoms with van der Waals surface area (Å²) in [6.45, 7) is 1.93. The highest BCUT2D eigenvalue weighted by Crippen LogP contribution is 2.29. The fraction of sp³-hybridized carbons (Fsp3) is 0.120. The van der Waals surface area contributed by atoms with E-state index < -0.39 is 17.7 Å². The fourth-order valence-corrected chi connectivity index (χ4v) is 3.15. The predicted octanol–water partition coefficient (Wildman–Crippen LogP) is 4.09. The van der Waals surface area contributed by atoms with Crippen LogP contribution in [0.1, 0.15) is 16.7 Å². The van der Waals surface area contributed by atoms with E-state index in [2.05, 4.69) is 21.2 Å². The van der Waals surface area contributed by atoms with Gasteiger partial charge in [-0.2, -0.15) is 5.10 Å². The van der Waals surface area contributed by atoms with Crippen molar-refractivity contribution in [3.63, 3.8) is 0 Å². The molecule has 8 nitrogen and oxygen atoms in total. The van der Waals surface area contributed by atoms with Gasteiger partial charge in [0, 0.05) is 6.54 Å². The van der Waals surface area contributed by atoms with E-state index in [9.17, 15) is 14.4 Å². The number of halogens is 2. The summed E-state index contributed by atoms with van der Waals surface area (Å²) in [4.78, 5) is 36.0. The lowest BCUT2D eigenvalue weighted by molar-refractivity contribution is -0.139. The lowest BCUT2D eigenvalue weighted by Crippen LogP contribution is -2.37. The Morgan fingerprint density at radius 3 is 2.49 bits per heavy atom. The van der Waals surface area contributed by atoms with Crippen LogP contribution >= 0.6 is 23.2 Å². The van der Waals surface area contributed by atoms with Crippen molar-refractivity contribution in [3.05, 3.63) is 93.5 Å². The molecule has 3 N–H and O–H groups in total. The van der Waals surface area contributed by atoms with E-state index in [-0.39, 0.29) is 18.2 Å². The van der Waals surface area contributed by atoms with Crippen LogP contribution in [0.25, 0.3) is 0 Å². The average molecular weight is 513 g/mol. The second-order valence-corrected chi connectivity index (χ2v) is 8.16. The number of nitrogens with one attached hydrogen (secondary N) is 3. The van der Waals surface area contributed by atoms with E-state index in [1.165, 1.54) is 6.21 Å². The van der Waals surface area contributed by atoms with Gasteiger partial charge in [-0.3, -0.25) is 14.4 Å². The summed E-state index contributed by atoms with van der Waals surface area (Å²) in [5.41, 5.74) is 5.12. The molecule has 0 bridgehead atoms. The molecule has 35 heavy (non-hydrogen) atoms. The Hall–Kier alpha value is -3.88. The zero-order chi connectivity index (χ0) is 25.2. The molecule has 0 spiro atoms. The SMILES string of the molecule is Cc1ccc(CNC(=O)C(=O)N/N=C\c2cccc(OCC(=O)Nc3cccc(Cl)c3Cl)c2)cc1. The van der Waals surface area contributed by atoms with Crippen molar-refractivity contribution >= 4 is 52.8 Å². The molecule has 3 aromatic rings. The van der Waals surface area contributed by atoms with Gasteiger partial charge in [-0.25, -0.2) is 5.43 Å². The maximum atomic E-state index is 12.2. The summed E-state index contributed by atoms with van der Waals surface area (Å²) in [5.74, 6) is -1.71. The molecule has 3 amide bonds. The standard InChI is InChI=1S/C25H22Cl2N4O4/c1-16-8-10-17(11-9-16)13-28-24(33)25(34)31-29-14-18-4-2-5-19(12-18)35-15-22(32)30-21-7-3-6-20(26)23(21)27/h2-12,14H,13,15H2,1H3,(H,28,33)(H,30,32)(H,31,34)/b29-14-. The molecule has 10 heteroatoms. The van der Waals surface area contributed by atoms with Crippen molar-refractivity contribution in [2.24, 2.45) is 5.10 Å². The third-order valence-corrected chi connectivity index (χ3v) is 5.43. The van der Waals surface area contributed by atoms with Crippen LogP contribution in [0.2, 0.25) is 10.0 Å². The topological polar surface area (TPSA) is 109 Å². The summed E-state index contributed by atoms with van der Waals surface area (Å²) in [6, 6.07) is 19.2. The molecule has 0 aliphatic rings. The lowest BCUT2D eigenvalue weighted by Gasteiger charge is -2.09. The zero-order valence-electron chi connectivity index (χ0n) is 18.7. The summed E-state index contributed by atoms with van der Waals surface area (Å²) >= 11 is 12.0. The molecule has 3 rings (SSSR count). The molecule has 0 aromatic heterocycles. The van der Waals surface area contributed by atoms with Gasteiger partial charge in [-0.15, -0.1) is 0 Å². The first-order valence-electron chi connectivity index (χ1n) is 10.5. The van der Waals surface area contributed by atoms with Gasteiger partial charge in [0.1, 0.15) is 5.75 Å². The van der Waals surface area contributed by atoms with Crippen LogP contribution in [0.5, 0.6) is 5.75 Å². The minimum absolute atomic E-state index is 0.229. The molecular formula is C25H22Cl2N4O4. The van der Waals surface area contributed by atoms with Gasteiger partial charge < -0.3 is 15.4 Å². The van der Waals surface area contributed by atoms with Crippen molar-refractivity contribution in [1.29, 1.82) is 0 Å². The third-order valence-electron chi connectivity index (χ3n) is 4.61. The number of hydrogen-bond donors (Lipinski definition) is 3. The largest absolute Gasteiger partial charge is 0.484 e. The van der Waals surface area contributed by atoms with E-state index in [4.69, 9.17) is 27.9 Å². The van der Waals surface area contributed by atoms with E-state index in [1.54, 1.807) is 42.5 Å². The maximum absolute atomic E-state index is 12.2. The average Bonchev–Trinajstić information content (AvgIpc) is 2.85. The van der Waals surface area contributed by atoms with E-state index in [1.807, 2.05) is 31.2 Å². The van der Waals surface area contributed by atoms with Crippen molar-refractivity contribution in [3.8, 4) is 5.75 Å². The number of carbonyl (C=O) groups excluding carboxylic acids is 3. The minimum atomic E-state index is -0.892. The number of aryl methyl sites for hydroxylation is 1. The van der Waals surface area contributed by atoms with E-state index in [0.717, 1.165) is 11.1 Å². The normalized spacial score (nSPS) is 10.6. The molecule has 0 atom stereocenters. The number of nitrogens with zero attached hydrogens (tertiary/aromatic N) is 1. The molecule has 0 aliphatic heterocycles. The quantitative estimate of drug-likeness (QED) is 0.240. The van der Waals surface area contributed by atoms with E-state index in [0.29, 0.717) is 22.0 Å². The molecule has 0 unspecified atom stereocenters. The lowest BCUT2D eigenvalue weighted by atomic mass is 10.1. The van der Waals surface area contributed by atoms with Crippen LogP contribution in [0.15, 0.2) is 71.8 Å². The van der Waals surface area contributed by atoms with Gasteiger partial charge in [0.25, 0.3) is 5.91 Å². The second kappa shape index (κ2) is 12.5. The highest BCUT2D eigenvalue weighted by atomic mass is 35.5. The summed E-state index contributed by atoms with van der Waals surface area (Å²) < 4.78 is 5.50. The van der Waals surface area contributed by atoms with Gasteiger partial charge in [0.15, 0.2) is 6.61 Å². The number of rotatable bonds is 8. The van der Waals surface area contributed by atoms with Crippen molar-refractivity contribution < 1.29 is 19.1 Å². The van der Waals surface area contributed by atoms with Crippen LogP contribution in [-0.4, -0.2) is 30.5 Å². The molecule has 0 heterocycles. The monoisotopic (exact) mass is 512 g/mol. The highest BCUT2D eigenvalue weighted by Gasteiger charge is 2.12. The van der Waals surface area contributed by atoms with Gasteiger partial charge in [-0.1, -0.05) is 71.2 Å². The first-order chi connectivity index (χ1) is 16.8. The van der Waals surface area contributed by atoms with Crippen LogP contribution in [0, 0.1) is 6.92 Å². The van der Waals surface area contributed by atoms with Crippen molar-refractivity contribution in [2.45, 2.75) is 13.5 Å². The smallest absolute Gasteiger partial charge is 0.329 e. The molecule has 3 aromatic carbocycles. The molecule has 0 saturated carbocycles. The first kappa shape index (κ1) is 25.7. The summed E-state index contributed by atoms with van der Waals surface area (Å²) in [5, 5.41) is 9.51. The number of benzene rings is 3. The number of ether oxygens (including phenoxy) is 1. The molecule has 0 saturated heterocycles. The predicted molar refractivity (Wildman–Crippen MR) is 136 cm³/mol. The number of hydrogen-bond acceptors (Lipinski definition) is 5. The van der Waals surface area contributed by atoms with Gasteiger partial charge in [-0.05, 0) is 42.3 Å². The number of hydrazone groups is 1. The van der Waals surface area contributed by atoms with Gasteiger partial charge in [0.05, 0.1) is 21.9 Å². The number of carbonyl (C=O) groups is 3. The third kappa shape index (κ3) is 8.13. The minimum Gasteiger partial charge on any atom is -0.484 e. The van der Waals surface area contributed by atoms with Crippen molar-refractivity contribution in [2.75, 3.05) is 11.9 Å². The van der Waals surface area contributed by atoms with E-state index >= 15 is 0 Å². The van der Waals surface area contributed by atoms with Gasteiger partial charge >= 0.3 is 11.8 Å². The first-order valence-corrected chi connectivity index (χ1v) is 11.2. The summed E-state index contributed by atoms with van der Waals surface area (Å²) in [7, 11) is 0. The Morgan fingerprint density at radius 1 is 0.971 bits per heavy atom. The zero-order valence-corrected chi connectivity index (χ0v) is 20.2. The number of amides is 3.